The van der Waals surface area contributed by atoms with E-state index < -0.39 is 0 Å². The van der Waals surface area contributed by atoms with Crippen molar-refractivity contribution in [1.29, 1.82) is 0 Å². The van der Waals surface area contributed by atoms with E-state index in [-0.39, 0.29) is 138 Å². The Balaban J connectivity index is 0. The van der Waals surface area contributed by atoms with Crippen LogP contribution in [0.1, 0.15) is 0 Å². The van der Waals surface area contributed by atoms with Gasteiger partial charge < -0.3 is 0 Å². The monoisotopic (exact) mass is 311 g/mol. The Morgan fingerprint density at radius 3 is 0.400 bits per heavy atom. The fourth-order valence-electron chi connectivity index (χ4n) is 0. The van der Waals surface area contributed by atoms with Crippen LogP contribution in [0.15, 0.2) is 0 Å². The van der Waals surface area contributed by atoms with Crippen molar-refractivity contribution < 1.29 is 0 Å². The Morgan fingerprint density at radius 2 is 0.400 bits per heavy atom. The quantitative estimate of drug-likeness (QED) is 0.458. The van der Waals surface area contributed by atoms with Crippen molar-refractivity contribution in [2.24, 2.45) is 0 Å². The zero-order chi connectivity index (χ0) is 0. The van der Waals surface area contributed by atoms with Gasteiger partial charge in [0.1, 0.15) is 0 Å². The van der Waals surface area contributed by atoms with Crippen LogP contribution < -0.4 is 0 Å². The van der Waals surface area contributed by atoms with Crippen LogP contribution in [0.3, 0.4) is 0 Å². The van der Waals surface area contributed by atoms with Gasteiger partial charge in [0.2, 0.25) is 0 Å². The number of hydrogen-bond acceptors (Lipinski definition) is 0. The van der Waals surface area contributed by atoms with Gasteiger partial charge in [-0.15, -0.1) is 0 Å². The Bertz CT molecular complexity index is 4.85. The van der Waals surface area contributed by atoms with E-state index in [0.717, 1.165) is 0 Å². The van der Waals surface area contributed by atoms with Gasteiger partial charge in [0.15, 0.2) is 0 Å². The molecule has 0 aromatic rings. The maximum absolute atomic E-state index is 0. The standard InChI is InChI=1S/3Na.2Sb. The molecule has 0 heterocycles. The summed E-state index contributed by atoms with van der Waals surface area (Å²) < 4.78 is 0. The Labute approximate surface area is 134 Å². The Hall–Kier alpha value is 4.64. The summed E-state index contributed by atoms with van der Waals surface area (Å²) in [6, 6.07) is 0. The van der Waals surface area contributed by atoms with Crippen LogP contribution in [0, 0.1) is 0 Å². The minimum absolute atomic E-state index is 0. The number of hydrogen-bond donors (Lipinski definition) is 0. The molecular weight excluding hydrogens is 312 g/mol. The predicted molar refractivity (Wildman–Crippen MR) is 28.8 cm³/mol. The molecule has 9 radical (unpaired) electrons. The maximum atomic E-state index is 0. The molecule has 0 rings (SSSR count). The predicted octanol–water partition coefficient (Wildman–Crippen LogP) is -1.90. The second-order valence-corrected chi connectivity index (χ2v) is 0. The van der Waals surface area contributed by atoms with Crippen molar-refractivity contribution in [2.75, 3.05) is 0 Å². The molecule has 0 bridgehead atoms. The van der Waals surface area contributed by atoms with Crippen molar-refractivity contribution in [1.82, 2.24) is 0 Å². The summed E-state index contributed by atoms with van der Waals surface area (Å²) in [7, 11) is 0. The van der Waals surface area contributed by atoms with E-state index in [4.69, 9.17) is 0 Å². The van der Waals surface area contributed by atoms with Gasteiger partial charge in [0.05, 0.1) is 0 Å². The Kier molecular flexibility index (Phi) is 157. The molecule has 0 aliphatic carbocycles. The Morgan fingerprint density at radius 1 is 0.400 bits per heavy atom. The summed E-state index contributed by atoms with van der Waals surface area (Å²) in [4.78, 5) is 0. The molecule has 0 fully saturated rings. The maximum Gasteiger partial charge on any atom is 0 e. The van der Waals surface area contributed by atoms with Crippen LogP contribution in [-0.2, 0) is 0 Å². The second kappa shape index (κ2) is 23.4. The third-order valence-electron chi connectivity index (χ3n) is 0. The molecule has 0 unspecified atom stereocenters. The summed E-state index contributed by atoms with van der Waals surface area (Å²) in [6.07, 6.45) is 0. The molecule has 0 nitrogen and oxygen atoms in total. The molecule has 0 amide bonds. The van der Waals surface area contributed by atoms with Crippen molar-refractivity contribution in [3.05, 3.63) is 0 Å². The van der Waals surface area contributed by atoms with Gasteiger partial charge in [-0.25, -0.2) is 0 Å². The first kappa shape index (κ1) is 33.4. The van der Waals surface area contributed by atoms with Crippen LogP contribution in [0.4, 0.5) is 0 Å². The summed E-state index contributed by atoms with van der Waals surface area (Å²) in [5.74, 6) is 0. The first-order valence-electron chi connectivity index (χ1n) is 0. The fraction of sp³-hybridized carbons (Fsp3) is 0. The zero-order valence-corrected chi connectivity index (χ0v) is 15.0. The second-order valence-electron chi connectivity index (χ2n) is 0. The molecule has 0 aromatic carbocycles. The first-order chi connectivity index (χ1) is 0. The van der Waals surface area contributed by atoms with E-state index in [9.17, 15) is 0 Å². The SMILES string of the molecule is [Na].[Na].[Na].[Sb].[Sb]. The van der Waals surface area contributed by atoms with Crippen LogP contribution in [0.25, 0.3) is 0 Å². The van der Waals surface area contributed by atoms with E-state index in [1.807, 2.05) is 0 Å². The fourth-order valence-corrected chi connectivity index (χ4v) is 0. The van der Waals surface area contributed by atoms with E-state index in [1.165, 1.54) is 0 Å². The molecule has 0 saturated carbocycles. The summed E-state index contributed by atoms with van der Waals surface area (Å²) in [5.41, 5.74) is 0. The van der Waals surface area contributed by atoms with Gasteiger partial charge in [0, 0.05) is 138 Å². The third-order valence-corrected chi connectivity index (χ3v) is 0. The molecular formula is Na3Sb2. The van der Waals surface area contributed by atoms with Crippen molar-refractivity contribution in [2.45, 2.75) is 0 Å². The summed E-state index contributed by atoms with van der Waals surface area (Å²) >= 11 is 0. The van der Waals surface area contributed by atoms with E-state index in [2.05, 4.69) is 0 Å². The molecule has 5 heavy (non-hydrogen) atoms. The summed E-state index contributed by atoms with van der Waals surface area (Å²) in [6.45, 7) is 0. The minimum Gasteiger partial charge on any atom is 0 e. The number of rotatable bonds is 0. The molecule has 0 aliphatic rings. The van der Waals surface area contributed by atoms with Gasteiger partial charge in [-0.1, -0.05) is 0 Å². The van der Waals surface area contributed by atoms with Crippen LogP contribution in [0.5, 0.6) is 0 Å². The van der Waals surface area contributed by atoms with Gasteiger partial charge in [-0.05, 0) is 0 Å². The minimum atomic E-state index is 0. The molecule has 0 aromatic heterocycles. The first-order valence-corrected chi connectivity index (χ1v) is 0. The molecule has 0 saturated heterocycles. The van der Waals surface area contributed by atoms with Gasteiger partial charge >= 0.3 is 0 Å². The van der Waals surface area contributed by atoms with E-state index >= 15 is 0 Å². The van der Waals surface area contributed by atoms with Gasteiger partial charge in [-0.3, -0.25) is 0 Å². The average Bonchev–Trinajstić information content (AvgIpc) is 0. The van der Waals surface area contributed by atoms with Crippen LogP contribution in [-0.4, -0.2) is 138 Å². The van der Waals surface area contributed by atoms with Gasteiger partial charge in [-0.2, -0.15) is 0 Å². The summed E-state index contributed by atoms with van der Waals surface area (Å²) in [5, 5.41) is 0. The average molecular weight is 312 g/mol. The molecule has 0 aliphatic heterocycles. The topological polar surface area (TPSA) is 0 Å². The molecule has 13 valence electrons. The largest absolute Gasteiger partial charge is 0 e. The molecule has 0 atom stereocenters. The normalized spacial score (nSPS) is 0. The molecule has 0 spiro atoms. The van der Waals surface area contributed by atoms with Crippen molar-refractivity contribution in [3.8, 4) is 0 Å². The zero-order valence-electron chi connectivity index (χ0n) is 3.89. The molecule has 0 N–H and O–H groups in total. The molecule has 5 heteroatoms. The van der Waals surface area contributed by atoms with E-state index in [1.54, 1.807) is 0 Å². The van der Waals surface area contributed by atoms with Crippen LogP contribution >= 0.6 is 0 Å². The van der Waals surface area contributed by atoms with Crippen molar-refractivity contribution >= 4 is 138 Å². The van der Waals surface area contributed by atoms with Crippen LogP contribution in [0.2, 0.25) is 0 Å². The van der Waals surface area contributed by atoms with Crippen molar-refractivity contribution in [3.63, 3.8) is 0 Å². The third kappa shape index (κ3) is 17.7. The van der Waals surface area contributed by atoms with E-state index in [0.29, 0.717) is 0 Å². The smallest absolute Gasteiger partial charge is 0 e. The van der Waals surface area contributed by atoms with Gasteiger partial charge in [0.25, 0.3) is 0 Å².